The molecule has 1 aliphatic heterocycles. The lowest BCUT2D eigenvalue weighted by Gasteiger charge is -2.19. The summed E-state index contributed by atoms with van der Waals surface area (Å²) in [7, 11) is 2.06. The second-order valence-electron chi connectivity index (χ2n) is 10.6. The van der Waals surface area contributed by atoms with Gasteiger partial charge in [-0.05, 0) is 81.0 Å². The van der Waals surface area contributed by atoms with E-state index in [9.17, 15) is 0 Å². The molecule has 1 saturated carbocycles. The highest BCUT2D eigenvalue weighted by atomic mass is 35.5. The van der Waals surface area contributed by atoms with Crippen LogP contribution in [0.1, 0.15) is 47.9 Å². The minimum atomic E-state index is 0. The monoisotopic (exact) mass is 560 g/mol. The summed E-state index contributed by atoms with van der Waals surface area (Å²) < 4.78 is 8.18. The molecule has 7 rings (SSSR count). The van der Waals surface area contributed by atoms with E-state index < -0.39 is 0 Å². The zero-order valence-electron chi connectivity index (χ0n) is 22.4. The third kappa shape index (κ3) is 5.30. The molecule has 0 spiro atoms. The molecule has 0 N–H and O–H groups in total. The number of aromatic nitrogens is 5. The molecule has 39 heavy (non-hydrogen) atoms. The van der Waals surface area contributed by atoms with Gasteiger partial charge >= 0.3 is 0 Å². The lowest BCUT2D eigenvalue weighted by molar-refractivity contribution is 0.289. The average molecular weight is 561 g/mol. The summed E-state index contributed by atoms with van der Waals surface area (Å²) in [6.07, 6.45) is 5.72. The number of fused-ring (bicyclic) bond motifs is 3. The first-order valence-corrected chi connectivity index (χ1v) is 14.6. The Kier molecular flexibility index (Phi) is 7.35. The molecule has 2 aromatic carbocycles. The molecule has 9 heteroatoms. The molecule has 1 aliphatic carbocycles. The van der Waals surface area contributed by atoms with Gasteiger partial charge < -0.3 is 13.9 Å². The number of hydrogen-bond acceptors (Lipinski definition) is 7. The molecule has 5 aromatic rings. The Morgan fingerprint density at radius 3 is 2.62 bits per heavy atom. The summed E-state index contributed by atoms with van der Waals surface area (Å²) in [5.41, 5.74) is 7.96. The molecule has 2 aliphatic rings. The van der Waals surface area contributed by atoms with Gasteiger partial charge in [-0.3, -0.25) is 4.98 Å². The fourth-order valence-electron chi connectivity index (χ4n) is 5.52. The predicted octanol–water partition coefficient (Wildman–Crippen LogP) is 6.36. The Hall–Kier alpha value is -2.94. The van der Waals surface area contributed by atoms with E-state index in [4.69, 9.17) is 9.40 Å². The lowest BCUT2D eigenvalue weighted by Crippen LogP contribution is -2.27. The van der Waals surface area contributed by atoms with Gasteiger partial charge in [0, 0.05) is 48.5 Å². The van der Waals surface area contributed by atoms with Crippen molar-refractivity contribution in [3.05, 3.63) is 65.2 Å². The smallest absolute Gasteiger partial charge is 0.198 e. The standard InChI is InChI=1S/C30H32N6OS.ClH/c1-19-7-10-23-24(5-3-6-25(23)31-19)28-33-34-30(35(28)2)38-16-4-13-36-14-11-21-17-26-27(18-22(21)12-15-36)37-29(32-26)20-8-9-20;/h3,5-7,10,17-18,20H,4,8-9,11-16H2,1-2H3;1H. The summed E-state index contributed by atoms with van der Waals surface area (Å²) >= 11 is 1.79. The molecule has 0 atom stereocenters. The van der Waals surface area contributed by atoms with Gasteiger partial charge in [0.05, 0.1) is 5.52 Å². The first kappa shape index (κ1) is 26.3. The molecule has 3 aromatic heterocycles. The number of hydrogen-bond donors (Lipinski definition) is 0. The molecule has 4 heterocycles. The van der Waals surface area contributed by atoms with Crippen LogP contribution in [0.15, 0.2) is 52.0 Å². The van der Waals surface area contributed by atoms with Crippen LogP contribution in [0.2, 0.25) is 0 Å². The van der Waals surface area contributed by atoms with Gasteiger partial charge in [-0.1, -0.05) is 30.0 Å². The molecular weight excluding hydrogens is 528 g/mol. The predicted molar refractivity (Wildman–Crippen MR) is 159 cm³/mol. The summed E-state index contributed by atoms with van der Waals surface area (Å²) in [5.74, 6) is 3.41. The van der Waals surface area contributed by atoms with E-state index in [1.54, 1.807) is 11.8 Å². The maximum atomic E-state index is 6.07. The SMILES string of the molecule is Cc1ccc2c(-c3nnc(SCCCN4CCc5cc6nc(C7CC7)oc6cc5CC4)n3C)cccc2n1.Cl. The maximum absolute atomic E-state index is 6.07. The van der Waals surface area contributed by atoms with Gasteiger partial charge in [0.15, 0.2) is 22.5 Å². The molecular formula is C30H33ClN6OS. The Morgan fingerprint density at radius 2 is 1.79 bits per heavy atom. The molecule has 0 radical (unpaired) electrons. The Labute approximate surface area is 238 Å². The van der Waals surface area contributed by atoms with Gasteiger partial charge in [-0.25, -0.2) is 4.98 Å². The number of oxazole rings is 1. The quantitative estimate of drug-likeness (QED) is 0.169. The minimum Gasteiger partial charge on any atom is -0.440 e. The van der Waals surface area contributed by atoms with Crippen LogP contribution in [0.5, 0.6) is 0 Å². The van der Waals surface area contributed by atoms with Crippen molar-refractivity contribution >= 4 is 46.2 Å². The van der Waals surface area contributed by atoms with Crippen molar-refractivity contribution in [2.75, 3.05) is 25.4 Å². The fourth-order valence-corrected chi connectivity index (χ4v) is 6.35. The number of aryl methyl sites for hydroxylation is 1. The van der Waals surface area contributed by atoms with Crippen molar-refractivity contribution in [3.8, 4) is 11.4 Å². The first-order valence-electron chi connectivity index (χ1n) is 13.7. The van der Waals surface area contributed by atoms with Crippen LogP contribution in [0.4, 0.5) is 0 Å². The van der Waals surface area contributed by atoms with Crippen molar-refractivity contribution in [2.45, 2.75) is 50.1 Å². The second kappa shape index (κ2) is 10.9. The fraction of sp³-hybridized carbons (Fsp3) is 0.400. The van der Waals surface area contributed by atoms with E-state index in [0.717, 1.165) is 94.8 Å². The van der Waals surface area contributed by atoms with Crippen molar-refractivity contribution < 1.29 is 4.42 Å². The van der Waals surface area contributed by atoms with E-state index in [1.165, 1.54) is 24.0 Å². The van der Waals surface area contributed by atoms with Crippen LogP contribution < -0.4 is 0 Å². The molecule has 0 unspecified atom stereocenters. The molecule has 7 nitrogen and oxygen atoms in total. The molecule has 0 saturated heterocycles. The van der Waals surface area contributed by atoms with Crippen LogP contribution in [0, 0.1) is 6.92 Å². The highest BCUT2D eigenvalue weighted by Gasteiger charge is 2.29. The van der Waals surface area contributed by atoms with Gasteiger partial charge in [0.2, 0.25) is 0 Å². The number of nitrogens with zero attached hydrogens (tertiary/aromatic N) is 6. The Bertz CT molecular complexity index is 1600. The van der Waals surface area contributed by atoms with Crippen LogP contribution in [0.3, 0.4) is 0 Å². The topological polar surface area (TPSA) is 72.9 Å². The zero-order valence-corrected chi connectivity index (χ0v) is 24.0. The Balaban J connectivity index is 0.00000277. The van der Waals surface area contributed by atoms with E-state index >= 15 is 0 Å². The third-order valence-corrected chi connectivity index (χ3v) is 8.95. The minimum absolute atomic E-state index is 0. The number of thioether (sulfide) groups is 1. The van der Waals surface area contributed by atoms with E-state index in [0.29, 0.717) is 5.92 Å². The average Bonchev–Trinajstić information content (AvgIpc) is 3.64. The van der Waals surface area contributed by atoms with Gasteiger partial charge in [-0.2, -0.15) is 0 Å². The van der Waals surface area contributed by atoms with Gasteiger partial charge in [-0.15, -0.1) is 22.6 Å². The number of benzene rings is 2. The normalized spacial score (nSPS) is 15.8. The van der Waals surface area contributed by atoms with Crippen molar-refractivity contribution in [3.63, 3.8) is 0 Å². The van der Waals surface area contributed by atoms with Crippen molar-refractivity contribution in [2.24, 2.45) is 7.05 Å². The summed E-state index contributed by atoms with van der Waals surface area (Å²) in [5, 5.41) is 11.1. The lowest BCUT2D eigenvalue weighted by atomic mass is 10.0. The summed E-state index contributed by atoms with van der Waals surface area (Å²) in [6.45, 7) is 5.31. The number of rotatable bonds is 7. The highest BCUT2D eigenvalue weighted by Crippen LogP contribution is 2.41. The van der Waals surface area contributed by atoms with Crippen LogP contribution >= 0.6 is 24.2 Å². The maximum Gasteiger partial charge on any atom is 0.198 e. The van der Waals surface area contributed by atoms with E-state index in [2.05, 4.69) is 68.1 Å². The van der Waals surface area contributed by atoms with Crippen LogP contribution in [-0.2, 0) is 19.9 Å². The third-order valence-electron chi connectivity index (χ3n) is 7.84. The van der Waals surface area contributed by atoms with Crippen molar-refractivity contribution in [1.29, 1.82) is 0 Å². The molecule has 202 valence electrons. The van der Waals surface area contributed by atoms with Gasteiger partial charge in [0.1, 0.15) is 5.52 Å². The van der Waals surface area contributed by atoms with Gasteiger partial charge in [0.25, 0.3) is 0 Å². The number of pyridine rings is 1. The van der Waals surface area contributed by atoms with Crippen molar-refractivity contribution in [1.82, 2.24) is 29.6 Å². The van der Waals surface area contributed by atoms with Crippen LogP contribution in [0.25, 0.3) is 33.4 Å². The van der Waals surface area contributed by atoms with E-state index in [-0.39, 0.29) is 12.4 Å². The molecule has 0 amide bonds. The molecule has 0 bridgehead atoms. The van der Waals surface area contributed by atoms with E-state index in [1.807, 2.05) is 13.0 Å². The highest BCUT2D eigenvalue weighted by molar-refractivity contribution is 7.99. The second-order valence-corrected chi connectivity index (χ2v) is 11.7. The first-order chi connectivity index (χ1) is 18.6. The number of halogens is 1. The van der Waals surface area contributed by atoms with Crippen LogP contribution in [-0.4, -0.2) is 55.0 Å². The summed E-state index contributed by atoms with van der Waals surface area (Å²) in [6, 6.07) is 14.9. The Morgan fingerprint density at radius 1 is 0.974 bits per heavy atom. The zero-order chi connectivity index (χ0) is 25.6. The summed E-state index contributed by atoms with van der Waals surface area (Å²) in [4.78, 5) is 12.0. The largest absolute Gasteiger partial charge is 0.440 e. The molecule has 1 fully saturated rings.